The van der Waals surface area contributed by atoms with Gasteiger partial charge in [0.1, 0.15) is 11.2 Å². The second-order valence-corrected chi connectivity index (χ2v) is 14.7. The summed E-state index contributed by atoms with van der Waals surface area (Å²) in [5.74, 6) is 0. The van der Waals surface area contributed by atoms with Crippen LogP contribution in [-0.2, 0) is 6.42 Å². The Bertz CT molecular complexity index is 3030. The van der Waals surface area contributed by atoms with E-state index in [1.165, 1.54) is 64.0 Å². The maximum absolute atomic E-state index is 6.38. The molecule has 0 radical (unpaired) electrons. The third-order valence-electron chi connectivity index (χ3n) is 10.7. The van der Waals surface area contributed by atoms with E-state index < -0.39 is 0 Å². The molecule has 0 unspecified atom stereocenters. The molecule has 0 saturated carbocycles. The molecule has 2 heterocycles. The van der Waals surface area contributed by atoms with Gasteiger partial charge in [0.05, 0.1) is 0 Å². The summed E-state index contributed by atoms with van der Waals surface area (Å²) >= 11 is 1.93. The zero-order valence-electron chi connectivity index (χ0n) is 27.8. The van der Waals surface area contributed by atoms with Crippen molar-refractivity contribution < 1.29 is 4.42 Å². The van der Waals surface area contributed by atoms with Crippen molar-refractivity contribution in [2.45, 2.75) is 12.8 Å². The van der Waals surface area contributed by atoms with Crippen LogP contribution in [0.15, 0.2) is 162 Å². The first kappa shape index (κ1) is 28.7. The van der Waals surface area contributed by atoms with Crippen molar-refractivity contribution in [3.05, 3.63) is 168 Å². The lowest BCUT2D eigenvalue weighted by Crippen LogP contribution is -2.09. The quantitative estimate of drug-likeness (QED) is 0.173. The van der Waals surface area contributed by atoms with E-state index in [0.29, 0.717) is 0 Å². The van der Waals surface area contributed by atoms with Crippen LogP contribution in [-0.4, -0.2) is 0 Å². The fraction of sp³-hybridized carbons (Fsp3) is 0.0417. The summed E-state index contributed by atoms with van der Waals surface area (Å²) in [6.45, 7) is 0. The molecule has 0 saturated heterocycles. The number of fused-ring (bicyclic) bond motifs is 11. The summed E-state index contributed by atoms with van der Waals surface area (Å²) in [6.07, 6.45) is 6.86. The van der Waals surface area contributed by atoms with E-state index in [4.69, 9.17) is 4.42 Å². The highest BCUT2D eigenvalue weighted by molar-refractivity contribution is 7.19. The number of nitrogens with zero attached hydrogens (tertiary/aromatic N) is 1. The van der Waals surface area contributed by atoms with Gasteiger partial charge < -0.3 is 9.32 Å². The third kappa shape index (κ3) is 4.55. The normalized spacial score (nSPS) is 12.9. The number of hydrogen-bond acceptors (Lipinski definition) is 3. The molecule has 51 heavy (non-hydrogen) atoms. The summed E-state index contributed by atoms with van der Waals surface area (Å²) < 4.78 is 7.73. The minimum absolute atomic E-state index is 0.892. The molecular weight excluding hydrogens is 639 g/mol. The van der Waals surface area contributed by atoms with Gasteiger partial charge in [-0.2, -0.15) is 0 Å². The molecule has 0 aliphatic heterocycles. The minimum atomic E-state index is 0.892. The van der Waals surface area contributed by atoms with E-state index in [-0.39, 0.29) is 0 Å². The number of anilines is 3. The van der Waals surface area contributed by atoms with Crippen LogP contribution in [0.3, 0.4) is 0 Å². The molecule has 8 aromatic carbocycles. The Morgan fingerprint density at radius 1 is 0.490 bits per heavy atom. The molecule has 0 bridgehead atoms. The van der Waals surface area contributed by atoms with E-state index >= 15 is 0 Å². The van der Waals surface area contributed by atoms with Gasteiger partial charge in [0.2, 0.25) is 0 Å². The summed E-state index contributed by atoms with van der Waals surface area (Å²) in [5, 5.41) is 11.3. The number of hydrogen-bond donors (Lipinski definition) is 0. The first-order chi connectivity index (χ1) is 25.2. The lowest BCUT2D eigenvalue weighted by atomic mass is 9.94. The van der Waals surface area contributed by atoms with Gasteiger partial charge in [0, 0.05) is 48.9 Å². The Labute approximate surface area is 299 Å². The molecule has 0 atom stereocenters. The second-order valence-electron chi connectivity index (χ2n) is 13.6. The third-order valence-corrected chi connectivity index (χ3v) is 11.9. The Kier molecular flexibility index (Phi) is 6.28. The Morgan fingerprint density at radius 2 is 1.18 bits per heavy atom. The largest absolute Gasteiger partial charge is 0.456 e. The molecule has 10 aromatic rings. The van der Waals surface area contributed by atoms with Crippen molar-refractivity contribution in [1.82, 2.24) is 0 Å². The maximum Gasteiger partial charge on any atom is 0.137 e. The van der Waals surface area contributed by atoms with Gasteiger partial charge in [-0.1, -0.05) is 103 Å². The molecule has 0 amide bonds. The van der Waals surface area contributed by atoms with Gasteiger partial charge in [-0.15, -0.1) is 11.3 Å². The highest BCUT2D eigenvalue weighted by atomic mass is 32.1. The summed E-state index contributed by atoms with van der Waals surface area (Å²) in [6, 6.07) is 55.4. The molecule has 1 aliphatic rings. The maximum atomic E-state index is 6.38. The lowest BCUT2D eigenvalue weighted by Gasteiger charge is -2.26. The highest BCUT2D eigenvalue weighted by Gasteiger charge is 2.19. The topological polar surface area (TPSA) is 16.4 Å². The number of benzene rings is 8. The summed E-state index contributed by atoms with van der Waals surface area (Å²) in [5.41, 5.74) is 8.89. The van der Waals surface area contributed by atoms with Gasteiger partial charge in [-0.05, 0) is 116 Å². The first-order valence-corrected chi connectivity index (χ1v) is 18.4. The minimum Gasteiger partial charge on any atom is -0.456 e. The van der Waals surface area contributed by atoms with Crippen molar-refractivity contribution >= 4 is 98.8 Å². The molecule has 0 spiro atoms. The van der Waals surface area contributed by atoms with E-state index in [1.54, 1.807) is 0 Å². The van der Waals surface area contributed by atoms with Crippen LogP contribution in [0.1, 0.15) is 16.9 Å². The molecule has 0 N–H and O–H groups in total. The number of furan rings is 1. The monoisotopic (exact) mass is 669 g/mol. The Hall–Kier alpha value is -6.16. The molecular formula is C48H31NOS. The molecule has 240 valence electrons. The number of para-hydroxylation sites is 1. The van der Waals surface area contributed by atoms with Gasteiger partial charge in [0.25, 0.3) is 0 Å². The highest BCUT2D eigenvalue weighted by Crippen LogP contribution is 2.43. The summed E-state index contributed by atoms with van der Waals surface area (Å²) in [4.78, 5) is 3.85. The van der Waals surface area contributed by atoms with Crippen LogP contribution in [0.5, 0.6) is 0 Å². The first-order valence-electron chi connectivity index (χ1n) is 17.6. The summed E-state index contributed by atoms with van der Waals surface area (Å²) in [7, 11) is 0. The van der Waals surface area contributed by atoms with E-state index in [0.717, 1.165) is 51.8 Å². The number of aryl methyl sites for hydroxylation is 1. The van der Waals surface area contributed by atoms with Crippen LogP contribution in [0.2, 0.25) is 0 Å². The van der Waals surface area contributed by atoms with E-state index in [1.807, 2.05) is 23.5 Å². The standard InChI is InChI=1S/C48H31NOS/c1-2-8-38-31(7-1)13-16-33-17-14-32-15-18-34(27-42(32)48(33)38)30-19-21-35(22-20-30)49(36-24-26-47-43(28-36)41-10-4-6-12-46(41)51-47)37-23-25-40-39-9-3-5-11-44(39)50-45(40)29-37/h1-5,7-11,13-29H,6,12H2. The van der Waals surface area contributed by atoms with Gasteiger partial charge in [0.15, 0.2) is 0 Å². The second kappa shape index (κ2) is 11.2. The van der Waals surface area contributed by atoms with Crippen molar-refractivity contribution in [2.24, 2.45) is 0 Å². The number of allylic oxidation sites excluding steroid dienone is 1. The van der Waals surface area contributed by atoms with E-state index in [9.17, 15) is 0 Å². The number of thiophene rings is 1. The average Bonchev–Trinajstić information content (AvgIpc) is 3.75. The molecule has 3 heteroatoms. The van der Waals surface area contributed by atoms with Crippen LogP contribution in [0, 0.1) is 0 Å². The molecule has 11 rings (SSSR count). The van der Waals surface area contributed by atoms with Gasteiger partial charge in [-0.25, -0.2) is 0 Å². The SMILES string of the molecule is C1=Cc2c(sc3ccc(N(c4ccc(-c5ccc6ccc7ccc8ccccc8c7c6c5)cc4)c4ccc5c(c4)oc4ccccc45)cc23)CC1. The predicted molar refractivity (Wildman–Crippen MR) is 219 cm³/mol. The van der Waals surface area contributed by atoms with Gasteiger partial charge in [-0.3, -0.25) is 0 Å². The smallest absolute Gasteiger partial charge is 0.137 e. The Morgan fingerprint density at radius 3 is 2.08 bits per heavy atom. The Balaban J connectivity index is 1.06. The molecule has 0 fully saturated rings. The molecule has 2 aromatic heterocycles. The predicted octanol–water partition coefficient (Wildman–Crippen LogP) is 14.4. The zero-order chi connectivity index (χ0) is 33.5. The molecule has 1 aliphatic carbocycles. The van der Waals surface area contributed by atoms with Gasteiger partial charge >= 0.3 is 0 Å². The van der Waals surface area contributed by atoms with Crippen molar-refractivity contribution in [3.63, 3.8) is 0 Å². The zero-order valence-corrected chi connectivity index (χ0v) is 28.6. The van der Waals surface area contributed by atoms with Crippen LogP contribution in [0.25, 0.3) is 81.5 Å². The fourth-order valence-electron chi connectivity index (χ4n) is 8.19. The van der Waals surface area contributed by atoms with Crippen molar-refractivity contribution in [2.75, 3.05) is 4.90 Å². The van der Waals surface area contributed by atoms with Crippen LogP contribution < -0.4 is 4.90 Å². The lowest BCUT2D eigenvalue weighted by molar-refractivity contribution is 0.669. The van der Waals surface area contributed by atoms with Crippen molar-refractivity contribution in [3.8, 4) is 11.1 Å². The fourth-order valence-corrected chi connectivity index (χ4v) is 9.38. The number of rotatable bonds is 4. The molecule has 2 nitrogen and oxygen atoms in total. The van der Waals surface area contributed by atoms with Crippen molar-refractivity contribution in [1.29, 1.82) is 0 Å². The van der Waals surface area contributed by atoms with Crippen LogP contribution in [0.4, 0.5) is 17.1 Å². The van der Waals surface area contributed by atoms with E-state index in [2.05, 4.69) is 157 Å². The average molecular weight is 670 g/mol. The van der Waals surface area contributed by atoms with Crippen LogP contribution >= 0.6 is 11.3 Å².